The molecule has 0 atom stereocenters. The highest BCUT2D eigenvalue weighted by atomic mass is 79.9. The smallest absolute Gasteiger partial charge is 0.227 e. The second-order valence-electron chi connectivity index (χ2n) is 6.58. The third-order valence-electron chi connectivity index (χ3n) is 4.94. The molecule has 3 nitrogen and oxygen atoms in total. The van der Waals surface area contributed by atoms with Crippen LogP contribution in [0.2, 0.25) is 0 Å². The zero-order chi connectivity index (χ0) is 16.5. The molecule has 0 radical (unpaired) electrons. The molecule has 0 N–H and O–H groups in total. The number of benzene rings is 2. The van der Waals surface area contributed by atoms with Gasteiger partial charge in [0.05, 0.1) is 12.7 Å². The van der Waals surface area contributed by atoms with Crippen LogP contribution in [0.15, 0.2) is 53.0 Å². The average molecular weight is 386 g/mol. The third-order valence-corrected chi connectivity index (χ3v) is 5.43. The van der Waals surface area contributed by atoms with Crippen LogP contribution in [0.1, 0.15) is 30.4 Å². The molecule has 0 aromatic heterocycles. The molecule has 1 amide bonds. The lowest BCUT2D eigenvalue weighted by atomic mass is 9.85. The summed E-state index contributed by atoms with van der Waals surface area (Å²) >= 11 is 3.52. The first-order chi connectivity index (χ1) is 11.7. The summed E-state index contributed by atoms with van der Waals surface area (Å²) in [6.07, 6.45) is 3.55. The van der Waals surface area contributed by atoms with Gasteiger partial charge in [0.25, 0.3) is 0 Å². The minimum Gasteiger partial charge on any atom is -0.373 e. The maximum atomic E-state index is 12.4. The van der Waals surface area contributed by atoms with E-state index in [0.29, 0.717) is 13.0 Å². The summed E-state index contributed by atoms with van der Waals surface area (Å²) in [6, 6.07) is 16.7. The minimum absolute atomic E-state index is 0.247. The second-order valence-corrected chi connectivity index (χ2v) is 7.50. The molecule has 2 aliphatic rings. The summed E-state index contributed by atoms with van der Waals surface area (Å²) in [5.41, 5.74) is 3.55. The Balaban J connectivity index is 1.39. The number of aryl methyl sites for hydroxylation is 1. The summed E-state index contributed by atoms with van der Waals surface area (Å²) in [5, 5.41) is 0. The largest absolute Gasteiger partial charge is 0.373 e. The van der Waals surface area contributed by atoms with Crippen molar-refractivity contribution in [2.24, 2.45) is 0 Å². The van der Waals surface area contributed by atoms with E-state index in [1.54, 1.807) is 0 Å². The van der Waals surface area contributed by atoms with E-state index in [2.05, 4.69) is 40.2 Å². The van der Waals surface area contributed by atoms with Gasteiger partial charge >= 0.3 is 0 Å². The zero-order valence-electron chi connectivity index (χ0n) is 13.5. The molecule has 124 valence electrons. The van der Waals surface area contributed by atoms with Crippen LogP contribution in [0.4, 0.5) is 5.69 Å². The fourth-order valence-corrected chi connectivity index (χ4v) is 3.97. The van der Waals surface area contributed by atoms with Gasteiger partial charge in [-0.1, -0.05) is 46.3 Å². The van der Waals surface area contributed by atoms with Gasteiger partial charge in [-0.15, -0.1) is 0 Å². The number of fused-ring (bicyclic) bond motifs is 1. The Morgan fingerprint density at radius 2 is 1.88 bits per heavy atom. The van der Waals surface area contributed by atoms with Gasteiger partial charge in [0.1, 0.15) is 0 Å². The Labute approximate surface area is 150 Å². The maximum absolute atomic E-state index is 12.4. The summed E-state index contributed by atoms with van der Waals surface area (Å²) in [6.45, 7) is 0.649. The van der Waals surface area contributed by atoms with Crippen molar-refractivity contribution in [1.29, 1.82) is 0 Å². The summed E-state index contributed by atoms with van der Waals surface area (Å²) in [4.78, 5) is 14.4. The molecule has 1 heterocycles. The molecule has 2 aromatic carbocycles. The fourth-order valence-electron chi connectivity index (χ4n) is 3.56. The Kier molecular flexibility index (Phi) is 4.42. The van der Waals surface area contributed by atoms with Crippen LogP contribution in [0.5, 0.6) is 0 Å². The number of carbonyl (C=O) groups excluding carboxylic acids is 1. The molecule has 0 spiro atoms. The van der Waals surface area contributed by atoms with Crippen LogP contribution in [-0.2, 0) is 22.6 Å². The number of amides is 1. The number of carbonyl (C=O) groups is 1. The molecule has 4 heteroatoms. The number of halogens is 1. The van der Waals surface area contributed by atoms with Crippen molar-refractivity contribution >= 4 is 27.5 Å². The Bertz CT molecular complexity index is 741. The van der Waals surface area contributed by atoms with Crippen molar-refractivity contribution in [1.82, 2.24) is 0 Å². The molecular formula is C20H20BrNO2. The van der Waals surface area contributed by atoms with Gasteiger partial charge in [-0.2, -0.15) is 0 Å². The van der Waals surface area contributed by atoms with Crippen molar-refractivity contribution in [2.45, 2.75) is 44.4 Å². The van der Waals surface area contributed by atoms with Crippen LogP contribution < -0.4 is 4.90 Å². The van der Waals surface area contributed by atoms with E-state index in [1.807, 2.05) is 29.2 Å². The molecule has 4 rings (SSSR count). The lowest BCUT2D eigenvalue weighted by molar-refractivity contribution is -0.120. The summed E-state index contributed by atoms with van der Waals surface area (Å²) in [7, 11) is 0. The molecule has 2 aromatic rings. The molecular weight excluding hydrogens is 366 g/mol. The Hall–Kier alpha value is -1.65. The molecule has 0 bridgehead atoms. The van der Waals surface area contributed by atoms with Crippen molar-refractivity contribution < 1.29 is 9.53 Å². The normalized spacial score (nSPS) is 22.9. The van der Waals surface area contributed by atoms with E-state index in [1.165, 1.54) is 11.1 Å². The van der Waals surface area contributed by atoms with Crippen molar-refractivity contribution in [3.63, 3.8) is 0 Å². The highest BCUT2D eigenvalue weighted by molar-refractivity contribution is 9.10. The van der Waals surface area contributed by atoms with Crippen LogP contribution in [0.25, 0.3) is 0 Å². The summed E-state index contributed by atoms with van der Waals surface area (Å²) in [5.74, 6) is 0.247. The number of hydrogen-bond acceptors (Lipinski definition) is 2. The molecule has 1 saturated carbocycles. The molecule has 1 aliphatic carbocycles. The van der Waals surface area contributed by atoms with Crippen LogP contribution in [-0.4, -0.2) is 18.1 Å². The van der Waals surface area contributed by atoms with Crippen molar-refractivity contribution in [3.05, 3.63) is 64.1 Å². The average Bonchev–Trinajstić information content (AvgIpc) is 2.56. The van der Waals surface area contributed by atoms with Crippen molar-refractivity contribution in [2.75, 3.05) is 4.90 Å². The SMILES string of the molecule is O=C1CCc2cc(Br)ccc2N1[C@H]1C[C@H](OCc2ccccc2)C1. The van der Waals surface area contributed by atoms with E-state index in [9.17, 15) is 4.79 Å². The second kappa shape index (κ2) is 6.69. The van der Waals surface area contributed by atoms with Gasteiger partial charge in [-0.25, -0.2) is 0 Å². The molecule has 1 fully saturated rings. The van der Waals surface area contributed by atoms with Crippen LogP contribution in [0, 0.1) is 0 Å². The first kappa shape index (κ1) is 15.9. The van der Waals surface area contributed by atoms with Crippen LogP contribution >= 0.6 is 15.9 Å². The number of rotatable bonds is 4. The quantitative estimate of drug-likeness (QED) is 0.776. The van der Waals surface area contributed by atoms with Crippen molar-refractivity contribution in [3.8, 4) is 0 Å². The van der Waals surface area contributed by atoms with Gasteiger partial charge < -0.3 is 9.64 Å². The van der Waals surface area contributed by atoms with Gasteiger partial charge in [0.15, 0.2) is 0 Å². The number of anilines is 1. The third kappa shape index (κ3) is 3.13. The minimum atomic E-state index is 0.247. The molecule has 0 saturated heterocycles. The van der Waals surface area contributed by atoms with Gasteiger partial charge in [0, 0.05) is 22.6 Å². The van der Waals surface area contributed by atoms with Gasteiger partial charge in [-0.05, 0) is 48.6 Å². The van der Waals surface area contributed by atoms with E-state index in [0.717, 1.165) is 29.4 Å². The lowest BCUT2D eigenvalue weighted by Gasteiger charge is -2.44. The predicted octanol–water partition coefficient (Wildman–Crippen LogP) is 4.48. The Morgan fingerprint density at radius 1 is 1.08 bits per heavy atom. The Morgan fingerprint density at radius 3 is 2.67 bits per heavy atom. The first-order valence-corrected chi connectivity index (χ1v) is 9.26. The monoisotopic (exact) mass is 385 g/mol. The van der Waals surface area contributed by atoms with Gasteiger partial charge in [-0.3, -0.25) is 4.79 Å². The van der Waals surface area contributed by atoms with Crippen LogP contribution in [0.3, 0.4) is 0 Å². The maximum Gasteiger partial charge on any atom is 0.227 e. The predicted molar refractivity (Wildman–Crippen MR) is 98.0 cm³/mol. The van der Waals surface area contributed by atoms with E-state index >= 15 is 0 Å². The molecule has 0 unspecified atom stereocenters. The highest BCUT2D eigenvalue weighted by Gasteiger charge is 2.39. The molecule has 24 heavy (non-hydrogen) atoms. The molecule has 1 aliphatic heterocycles. The van der Waals surface area contributed by atoms with E-state index in [-0.39, 0.29) is 18.1 Å². The highest BCUT2D eigenvalue weighted by Crippen LogP contribution is 2.38. The summed E-state index contributed by atoms with van der Waals surface area (Å²) < 4.78 is 7.06. The van der Waals surface area contributed by atoms with E-state index < -0.39 is 0 Å². The standard InChI is InChI=1S/C20H20BrNO2/c21-16-7-8-19-15(10-16)6-9-20(23)22(19)17-11-18(12-17)24-13-14-4-2-1-3-5-14/h1-5,7-8,10,17-18H,6,9,11-13H2/t17-,18-. The number of hydrogen-bond donors (Lipinski definition) is 0. The number of nitrogens with zero attached hydrogens (tertiary/aromatic N) is 1. The van der Waals surface area contributed by atoms with Gasteiger partial charge in [0.2, 0.25) is 5.91 Å². The zero-order valence-corrected chi connectivity index (χ0v) is 15.0. The lowest BCUT2D eigenvalue weighted by Crippen LogP contribution is -2.52. The fraction of sp³-hybridized carbons (Fsp3) is 0.350. The number of ether oxygens (including phenoxy) is 1. The topological polar surface area (TPSA) is 29.5 Å². The first-order valence-electron chi connectivity index (χ1n) is 8.47. The van der Waals surface area contributed by atoms with E-state index in [4.69, 9.17) is 4.74 Å².